The van der Waals surface area contributed by atoms with Crippen LogP contribution in [0, 0.1) is 0 Å². The Morgan fingerprint density at radius 3 is 2.50 bits per heavy atom. The maximum atomic E-state index is 12.9. The first-order valence-corrected chi connectivity index (χ1v) is 9.75. The number of nitrogens with one attached hydrogen (secondary N) is 1. The Bertz CT molecular complexity index is 834. The first kappa shape index (κ1) is 22.1. The van der Waals surface area contributed by atoms with Crippen molar-refractivity contribution in [3.05, 3.63) is 65.2 Å². The Morgan fingerprint density at radius 2 is 1.87 bits per heavy atom. The van der Waals surface area contributed by atoms with Crippen molar-refractivity contribution in [3.63, 3.8) is 0 Å². The highest BCUT2D eigenvalue weighted by atomic mass is 19.4. The van der Waals surface area contributed by atoms with Crippen LogP contribution in [0.4, 0.5) is 13.2 Å². The van der Waals surface area contributed by atoms with Crippen LogP contribution >= 0.6 is 0 Å². The molecule has 3 rings (SSSR count). The van der Waals surface area contributed by atoms with Crippen LogP contribution < -0.4 is 10.1 Å². The van der Waals surface area contributed by atoms with Gasteiger partial charge in [0.2, 0.25) is 5.91 Å². The summed E-state index contributed by atoms with van der Waals surface area (Å²) in [5, 5.41) is 2.88. The van der Waals surface area contributed by atoms with E-state index in [1.807, 2.05) is 24.3 Å². The lowest BCUT2D eigenvalue weighted by Crippen LogP contribution is -2.44. The van der Waals surface area contributed by atoms with Crippen molar-refractivity contribution in [2.45, 2.75) is 18.6 Å². The Morgan fingerprint density at radius 1 is 1.17 bits per heavy atom. The Balaban J connectivity index is 1.66. The van der Waals surface area contributed by atoms with Gasteiger partial charge < -0.3 is 14.8 Å². The monoisotopic (exact) mass is 422 g/mol. The molecule has 0 spiro atoms. The first-order chi connectivity index (χ1) is 14.4. The number of benzene rings is 2. The third-order valence-electron chi connectivity index (χ3n) is 5.10. The zero-order valence-electron chi connectivity index (χ0n) is 16.7. The minimum absolute atomic E-state index is 0.0646. The van der Waals surface area contributed by atoms with Gasteiger partial charge in [-0.15, -0.1) is 0 Å². The molecule has 162 valence electrons. The minimum Gasteiger partial charge on any atom is -0.497 e. The average Bonchev–Trinajstić information content (AvgIpc) is 2.75. The predicted octanol–water partition coefficient (Wildman–Crippen LogP) is 3.45. The Kier molecular flexibility index (Phi) is 7.33. The number of methoxy groups -OCH3 is 1. The summed E-state index contributed by atoms with van der Waals surface area (Å²) in [5.41, 5.74) is 0.601. The van der Waals surface area contributed by atoms with Gasteiger partial charge >= 0.3 is 6.18 Å². The van der Waals surface area contributed by atoms with Gasteiger partial charge in [-0.25, -0.2) is 0 Å². The molecule has 1 heterocycles. The average molecular weight is 422 g/mol. The van der Waals surface area contributed by atoms with Gasteiger partial charge in [-0.2, -0.15) is 13.2 Å². The lowest BCUT2D eigenvalue weighted by molar-refractivity contribution is -0.137. The molecule has 2 aromatic carbocycles. The maximum Gasteiger partial charge on any atom is 0.416 e. The molecular weight excluding hydrogens is 397 g/mol. The number of halogens is 3. The normalized spacial score (nSPS) is 16.1. The van der Waals surface area contributed by atoms with Gasteiger partial charge in [0.1, 0.15) is 5.75 Å². The minimum atomic E-state index is -4.43. The Labute approximate surface area is 173 Å². The highest BCUT2D eigenvalue weighted by molar-refractivity contribution is 5.78. The number of alkyl halides is 3. The van der Waals surface area contributed by atoms with E-state index >= 15 is 0 Å². The predicted molar refractivity (Wildman–Crippen MR) is 106 cm³/mol. The maximum absolute atomic E-state index is 12.9. The summed E-state index contributed by atoms with van der Waals surface area (Å²) in [5.74, 6) is 0.425. The van der Waals surface area contributed by atoms with Crippen LogP contribution in [0.25, 0.3) is 0 Å². The molecular formula is C22H25F3N2O3. The van der Waals surface area contributed by atoms with Crippen LogP contribution in [-0.2, 0) is 22.1 Å². The van der Waals surface area contributed by atoms with E-state index in [1.165, 1.54) is 12.1 Å². The van der Waals surface area contributed by atoms with Crippen molar-refractivity contribution in [3.8, 4) is 5.75 Å². The van der Waals surface area contributed by atoms with Crippen LogP contribution in [0.1, 0.15) is 22.7 Å². The van der Waals surface area contributed by atoms with Gasteiger partial charge in [0.15, 0.2) is 0 Å². The molecule has 0 bridgehead atoms. The van der Waals surface area contributed by atoms with Crippen LogP contribution in [0.5, 0.6) is 5.75 Å². The smallest absolute Gasteiger partial charge is 0.416 e. The summed E-state index contributed by atoms with van der Waals surface area (Å²) in [6, 6.07) is 12.4. The van der Waals surface area contributed by atoms with E-state index in [0.717, 1.165) is 36.5 Å². The summed E-state index contributed by atoms with van der Waals surface area (Å²) < 4.78 is 49.3. The summed E-state index contributed by atoms with van der Waals surface area (Å²) in [6.45, 7) is 3.06. The zero-order chi connectivity index (χ0) is 21.6. The first-order valence-electron chi connectivity index (χ1n) is 9.75. The van der Waals surface area contributed by atoms with Crippen molar-refractivity contribution in [1.82, 2.24) is 10.2 Å². The van der Waals surface area contributed by atoms with Gasteiger partial charge in [0, 0.05) is 19.6 Å². The molecule has 1 aliphatic rings. The summed E-state index contributed by atoms with van der Waals surface area (Å²) in [6.07, 6.45) is -4.54. The Hall–Kier alpha value is -2.58. The summed E-state index contributed by atoms with van der Waals surface area (Å²) in [4.78, 5) is 14.7. The molecule has 1 N–H and O–H groups in total. The number of rotatable bonds is 7. The third-order valence-corrected chi connectivity index (χ3v) is 5.10. The molecule has 30 heavy (non-hydrogen) atoms. The van der Waals surface area contributed by atoms with Crippen LogP contribution in [0.15, 0.2) is 48.5 Å². The number of morpholine rings is 1. The van der Waals surface area contributed by atoms with Gasteiger partial charge in [0.25, 0.3) is 0 Å². The van der Waals surface area contributed by atoms with Crippen molar-refractivity contribution in [2.75, 3.05) is 40.0 Å². The van der Waals surface area contributed by atoms with Crippen molar-refractivity contribution < 1.29 is 27.4 Å². The number of hydrogen-bond acceptors (Lipinski definition) is 4. The SMILES string of the molecule is COc1ccc(C(CNC(=O)Cc2cccc(C(F)(F)F)c2)N2CCOCC2)cc1. The second kappa shape index (κ2) is 9.95. The molecule has 1 atom stereocenters. The van der Waals surface area contributed by atoms with Gasteiger partial charge in [-0.05, 0) is 29.3 Å². The molecule has 8 heteroatoms. The molecule has 0 aliphatic carbocycles. The molecule has 0 aromatic heterocycles. The zero-order valence-corrected chi connectivity index (χ0v) is 16.7. The van der Waals surface area contributed by atoms with Crippen LogP contribution in [-0.4, -0.2) is 50.8 Å². The van der Waals surface area contributed by atoms with Crippen molar-refractivity contribution >= 4 is 5.91 Å². The molecule has 1 amide bonds. The molecule has 1 fully saturated rings. The van der Waals surface area contributed by atoms with Crippen LogP contribution in [0.3, 0.4) is 0 Å². The lowest BCUT2D eigenvalue weighted by Gasteiger charge is -2.35. The molecule has 5 nitrogen and oxygen atoms in total. The van der Waals surface area contributed by atoms with Crippen molar-refractivity contribution in [1.29, 1.82) is 0 Å². The number of carbonyl (C=O) groups is 1. The van der Waals surface area contributed by atoms with E-state index in [0.29, 0.717) is 25.3 Å². The quantitative estimate of drug-likeness (QED) is 0.743. The van der Waals surface area contributed by atoms with E-state index in [-0.39, 0.29) is 18.4 Å². The summed E-state index contributed by atoms with van der Waals surface area (Å²) in [7, 11) is 1.60. The summed E-state index contributed by atoms with van der Waals surface area (Å²) >= 11 is 0. The fraction of sp³-hybridized carbons (Fsp3) is 0.409. The fourth-order valence-corrected chi connectivity index (χ4v) is 3.49. The number of ether oxygens (including phenoxy) is 2. The highest BCUT2D eigenvalue weighted by Crippen LogP contribution is 2.29. The number of amides is 1. The van der Waals surface area contributed by atoms with Gasteiger partial charge in [-0.1, -0.05) is 30.3 Å². The molecule has 1 aliphatic heterocycles. The molecule has 0 saturated carbocycles. The topological polar surface area (TPSA) is 50.8 Å². The van der Waals surface area contributed by atoms with E-state index in [1.54, 1.807) is 7.11 Å². The van der Waals surface area contributed by atoms with Gasteiger partial charge in [0.05, 0.1) is 38.3 Å². The molecule has 1 saturated heterocycles. The van der Waals surface area contributed by atoms with E-state index < -0.39 is 11.7 Å². The molecule has 1 unspecified atom stereocenters. The van der Waals surface area contributed by atoms with E-state index in [4.69, 9.17) is 9.47 Å². The number of hydrogen-bond donors (Lipinski definition) is 1. The second-order valence-electron chi connectivity index (χ2n) is 7.12. The van der Waals surface area contributed by atoms with E-state index in [9.17, 15) is 18.0 Å². The van der Waals surface area contributed by atoms with E-state index in [2.05, 4.69) is 10.2 Å². The largest absolute Gasteiger partial charge is 0.497 e. The standard InChI is InChI=1S/C22H25F3N2O3/c1-29-19-7-5-17(6-8-19)20(27-9-11-30-12-10-27)15-26-21(28)14-16-3-2-4-18(13-16)22(23,24)25/h2-8,13,20H,9-12,14-15H2,1H3,(H,26,28). The molecule has 0 radical (unpaired) electrons. The molecule has 2 aromatic rings. The third kappa shape index (κ3) is 5.96. The number of carbonyl (C=O) groups excluding carboxylic acids is 1. The lowest BCUT2D eigenvalue weighted by atomic mass is 10.0. The fourth-order valence-electron chi connectivity index (χ4n) is 3.49. The second-order valence-corrected chi connectivity index (χ2v) is 7.12. The number of nitrogens with zero attached hydrogens (tertiary/aromatic N) is 1. The van der Waals surface area contributed by atoms with Crippen LogP contribution in [0.2, 0.25) is 0 Å². The van der Waals surface area contributed by atoms with Crippen molar-refractivity contribution in [2.24, 2.45) is 0 Å². The highest BCUT2D eigenvalue weighted by Gasteiger charge is 2.30. The van der Waals surface area contributed by atoms with Gasteiger partial charge in [-0.3, -0.25) is 9.69 Å².